The number of aryl methyl sites for hydroxylation is 1. The van der Waals surface area contributed by atoms with Gasteiger partial charge in [-0.15, -0.1) is 5.10 Å². The molecule has 20 heavy (non-hydrogen) atoms. The minimum absolute atomic E-state index is 0.466. The molecule has 2 heterocycles. The van der Waals surface area contributed by atoms with E-state index in [-0.39, 0.29) is 0 Å². The molecule has 0 spiro atoms. The zero-order valence-electron chi connectivity index (χ0n) is 11.6. The molecule has 1 aliphatic rings. The van der Waals surface area contributed by atoms with Crippen LogP contribution in [0.25, 0.3) is 0 Å². The molecule has 1 fully saturated rings. The van der Waals surface area contributed by atoms with Crippen molar-refractivity contribution >= 4 is 17.7 Å². The SMILES string of the molecule is CCCNc1nc(C)cc(Sc2nnnn2C2CC2)n1. The Balaban J connectivity index is 1.79. The summed E-state index contributed by atoms with van der Waals surface area (Å²) in [5.41, 5.74) is 0.937. The van der Waals surface area contributed by atoms with E-state index >= 15 is 0 Å². The van der Waals surface area contributed by atoms with Gasteiger partial charge in [0.05, 0.1) is 6.04 Å². The lowest BCUT2D eigenvalue weighted by Gasteiger charge is -2.07. The summed E-state index contributed by atoms with van der Waals surface area (Å²) in [6.07, 6.45) is 3.36. The van der Waals surface area contributed by atoms with Crippen LogP contribution in [0.3, 0.4) is 0 Å². The largest absolute Gasteiger partial charge is 0.354 e. The predicted molar refractivity (Wildman–Crippen MR) is 75.8 cm³/mol. The van der Waals surface area contributed by atoms with Gasteiger partial charge in [-0.2, -0.15) is 0 Å². The molecule has 0 radical (unpaired) electrons. The van der Waals surface area contributed by atoms with Crippen LogP contribution in [0.4, 0.5) is 5.95 Å². The van der Waals surface area contributed by atoms with Gasteiger partial charge in [-0.05, 0) is 54.4 Å². The van der Waals surface area contributed by atoms with Gasteiger partial charge in [0.1, 0.15) is 5.03 Å². The van der Waals surface area contributed by atoms with Crippen molar-refractivity contribution in [3.05, 3.63) is 11.8 Å². The summed E-state index contributed by atoms with van der Waals surface area (Å²) in [6, 6.07) is 2.42. The summed E-state index contributed by atoms with van der Waals surface area (Å²) in [5.74, 6) is 0.666. The third-order valence-electron chi connectivity index (χ3n) is 2.92. The monoisotopic (exact) mass is 291 g/mol. The van der Waals surface area contributed by atoms with Crippen LogP contribution in [-0.4, -0.2) is 36.7 Å². The van der Waals surface area contributed by atoms with Crippen LogP contribution in [0.15, 0.2) is 16.2 Å². The number of rotatable bonds is 6. The number of tetrazole rings is 1. The maximum Gasteiger partial charge on any atom is 0.223 e. The fraction of sp³-hybridized carbons (Fsp3) is 0.583. The molecular weight excluding hydrogens is 274 g/mol. The van der Waals surface area contributed by atoms with Crippen molar-refractivity contribution in [2.45, 2.75) is 49.3 Å². The Labute approximate surface area is 121 Å². The van der Waals surface area contributed by atoms with E-state index in [1.165, 1.54) is 11.8 Å². The second-order valence-electron chi connectivity index (χ2n) is 4.84. The summed E-state index contributed by atoms with van der Waals surface area (Å²) in [5, 5.41) is 16.8. The van der Waals surface area contributed by atoms with E-state index in [0.717, 1.165) is 41.7 Å². The van der Waals surface area contributed by atoms with E-state index in [0.29, 0.717) is 12.0 Å². The smallest absolute Gasteiger partial charge is 0.223 e. The number of anilines is 1. The van der Waals surface area contributed by atoms with Crippen molar-refractivity contribution in [2.24, 2.45) is 0 Å². The molecule has 2 aromatic heterocycles. The second-order valence-corrected chi connectivity index (χ2v) is 5.82. The van der Waals surface area contributed by atoms with Gasteiger partial charge >= 0.3 is 0 Å². The lowest BCUT2D eigenvalue weighted by molar-refractivity contribution is 0.565. The first-order valence-corrected chi connectivity index (χ1v) is 7.63. The molecule has 3 rings (SSSR count). The van der Waals surface area contributed by atoms with Crippen LogP contribution >= 0.6 is 11.8 Å². The molecule has 2 aromatic rings. The molecule has 0 atom stereocenters. The van der Waals surface area contributed by atoms with E-state index in [2.05, 4.69) is 37.7 Å². The Bertz CT molecular complexity index is 593. The molecule has 0 aromatic carbocycles. The topological polar surface area (TPSA) is 81.4 Å². The second kappa shape index (κ2) is 5.74. The van der Waals surface area contributed by atoms with Gasteiger partial charge in [0.2, 0.25) is 11.1 Å². The molecule has 106 valence electrons. The fourth-order valence-corrected chi connectivity index (χ4v) is 2.71. The Kier molecular flexibility index (Phi) is 3.81. The van der Waals surface area contributed by atoms with Gasteiger partial charge in [0.25, 0.3) is 0 Å². The van der Waals surface area contributed by atoms with Gasteiger partial charge in [-0.3, -0.25) is 0 Å². The van der Waals surface area contributed by atoms with E-state index in [9.17, 15) is 0 Å². The van der Waals surface area contributed by atoms with Crippen molar-refractivity contribution in [1.82, 2.24) is 30.2 Å². The van der Waals surface area contributed by atoms with Crippen LogP contribution in [0.1, 0.15) is 37.9 Å². The summed E-state index contributed by atoms with van der Waals surface area (Å²) >= 11 is 1.49. The van der Waals surface area contributed by atoms with Gasteiger partial charge in [0.15, 0.2) is 0 Å². The average molecular weight is 291 g/mol. The van der Waals surface area contributed by atoms with Crippen molar-refractivity contribution in [2.75, 3.05) is 11.9 Å². The van der Waals surface area contributed by atoms with Gasteiger partial charge in [-0.25, -0.2) is 14.6 Å². The average Bonchev–Trinajstić information content (AvgIpc) is 3.17. The van der Waals surface area contributed by atoms with Crippen molar-refractivity contribution < 1.29 is 0 Å². The Hall–Kier alpha value is -1.70. The van der Waals surface area contributed by atoms with Crippen LogP contribution in [0.5, 0.6) is 0 Å². The predicted octanol–water partition coefficient (Wildman–Crippen LogP) is 2.08. The molecule has 1 N–H and O–H groups in total. The summed E-state index contributed by atoms with van der Waals surface area (Å²) in [6.45, 7) is 4.95. The summed E-state index contributed by atoms with van der Waals surface area (Å²) < 4.78 is 1.89. The standard InChI is InChI=1S/C12H17N7S/c1-3-6-13-11-14-8(2)7-10(15-11)20-12-16-17-18-19(12)9-4-5-9/h7,9H,3-6H2,1-2H3,(H,13,14,15). The summed E-state index contributed by atoms with van der Waals surface area (Å²) in [7, 11) is 0. The zero-order chi connectivity index (χ0) is 13.9. The van der Waals surface area contributed by atoms with E-state index in [1.54, 1.807) is 0 Å². The molecule has 8 heteroatoms. The first-order valence-electron chi connectivity index (χ1n) is 6.81. The van der Waals surface area contributed by atoms with Crippen LogP contribution in [0, 0.1) is 6.92 Å². The summed E-state index contributed by atoms with van der Waals surface area (Å²) in [4.78, 5) is 8.88. The number of nitrogens with zero attached hydrogens (tertiary/aromatic N) is 6. The van der Waals surface area contributed by atoms with Gasteiger partial charge in [-0.1, -0.05) is 6.92 Å². The lowest BCUT2D eigenvalue weighted by atomic mass is 10.4. The third-order valence-corrected chi connectivity index (χ3v) is 3.78. The Morgan fingerprint density at radius 2 is 2.25 bits per heavy atom. The minimum atomic E-state index is 0.466. The van der Waals surface area contributed by atoms with Gasteiger partial charge in [0, 0.05) is 12.2 Å². The highest BCUT2D eigenvalue weighted by Gasteiger charge is 2.28. The Morgan fingerprint density at radius 1 is 1.40 bits per heavy atom. The first-order chi connectivity index (χ1) is 9.76. The Morgan fingerprint density at radius 3 is 3.00 bits per heavy atom. The molecule has 1 saturated carbocycles. The molecule has 7 nitrogen and oxygen atoms in total. The minimum Gasteiger partial charge on any atom is -0.354 e. The highest BCUT2D eigenvalue weighted by Crippen LogP contribution is 2.37. The number of hydrogen-bond donors (Lipinski definition) is 1. The van der Waals surface area contributed by atoms with E-state index in [1.807, 2.05) is 17.7 Å². The maximum absolute atomic E-state index is 4.50. The fourth-order valence-electron chi connectivity index (χ4n) is 1.80. The van der Waals surface area contributed by atoms with E-state index < -0.39 is 0 Å². The molecule has 0 aliphatic heterocycles. The quantitative estimate of drug-likeness (QED) is 0.816. The molecule has 0 unspecified atom stereocenters. The third kappa shape index (κ3) is 3.06. The number of hydrogen-bond acceptors (Lipinski definition) is 7. The zero-order valence-corrected chi connectivity index (χ0v) is 12.4. The van der Waals surface area contributed by atoms with Crippen molar-refractivity contribution in [3.63, 3.8) is 0 Å². The molecule has 0 bridgehead atoms. The highest BCUT2D eigenvalue weighted by molar-refractivity contribution is 7.99. The molecular formula is C12H17N7S. The first kappa shape index (κ1) is 13.3. The van der Waals surface area contributed by atoms with Crippen molar-refractivity contribution in [3.8, 4) is 0 Å². The van der Waals surface area contributed by atoms with Crippen LogP contribution < -0.4 is 5.32 Å². The highest BCUT2D eigenvalue weighted by atomic mass is 32.2. The normalized spacial score (nSPS) is 14.5. The molecule has 1 aliphatic carbocycles. The number of aromatic nitrogens is 6. The van der Waals surface area contributed by atoms with Crippen LogP contribution in [0.2, 0.25) is 0 Å². The van der Waals surface area contributed by atoms with Crippen LogP contribution in [-0.2, 0) is 0 Å². The lowest BCUT2D eigenvalue weighted by Crippen LogP contribution is -2.06. The van der Waals surface area contributed by atoms with Gasteiger partial charge < -0.3 is 5.32 Å². The van der Waals surface area contributed by atoms with Crippen molar-refractivity contribution in [1.29, 1.82) is 0 Å². The molecule has 0 amide bonds. The van der Waals surface area contributed by atoms with E-state index in [4.69, 9.17) is 0 Å². The number of nitrogens with one attached hydrogen (secondary N) is 1. The maximum atomic E-state index is 4.50. The molecule has 0 saturated heterocycles.